The fourth-order valence-electron chi connectivity index (χ4n) is 3.57. The first-order chi connectivity index (χ1) is 13.1. The molecular weight excluding hydrogens is 342 g/mol. The number of piperidine rings is 1. The van der Waals surface area contributed by atoms with E-state index in [1.54, 1.807) is 6.20 Å². The second kappa shape index (κ2) is 7.34. The fraction of sp³-hybridized carbons (Fsp3) is 0.500. The van der Waals surface area contributed by atoms with Crippen LogP contribution in [0.5, 0.6) is 0 Å². The predicted molar refractivity (Wildman–Crippen MR) is 103 cm³/mol. The first kappa shape index (κ1) is 17.4. The Morgan fingerprint density at radius 2 is 2.00 bits per heavy atom. The number of hydrogen-bond acceptors (Lipinski definition) is 7. The summed E-state index contributed by atoms with van der Waals surface area (Å²) in [4.78, 5) is 11.5. The van der Waals surface area contributed by atoms with E-state index in [4.69, 9.17) is 0 Å². The van der Waals surface area contributed by atoms with Crippen molar-refractivity contribution in [3.05, 3.63) is 41.9 Å². The molecule has 0 amide bonds. The Balaban J connectivity index is 1.44. The minimum atomic E-state index is 0.402. The van der Waals surface area contributed by atoms with Crippen LogP contribution in [0.1, 0.15) is 36.1 Å². The van der Waals surface area contributed by atoms with E-state index in [-0.39, 0.29) is 0 Å². The number of hydrogen-bond donors (Lipinski definition) is 1. The van der Waals surface area contributed by atoms with Crippen molar-refractivity contribution in [2.75, 3.05) is 30.4 Å². The average molecular weight is 367 g/mol. The van der Waals surface area contributed by atoms with Crippen LogP contribution in [0.3, 0.4) is 0 Å². The monoisotopic (exact) mass is 367 g/mol. The van der Waals surface area contributed by atoms with Crippen molar-refractivity contribution in [2.45, 2.75) is 32.2 Å². The average Bonchev–Trinajstić information content (AvgIpc) is 3.32. The molecule has 4 rings (SSSR count). The summed E-state index contributed by atoms with van der Waals surface area (Å²) in [5.41, 5.74) is 0.975. The Kier molecular flexibility index (Phi) is 4.74. The smallest absolute Gasteiger partial charge is 0.227 e. The molecule has 0 spiro atoms. The van der Waals surface area contributed by atoms with Gasteiger partial charge >= 0.3 is 0 Å². The summed E-state index contributed by atoms with van der Waals surface area (Å²) in [6, 6.07) is 3.87. The Morgan fingerprint density at radius 3 is 2.70 bits per heavy atom. The van der Waals surface area contributed by atoms with Crippen molar-refractivity contribution in [2.24, 2.45) is 7.05 Å². The van der Waals surface area contributed by atoms with Crippen molar-refractivity contribution in [3.63, 3.8) is 0 Å². The maximum Gasteiger partial charge on any atom is 0.227 e. The van der Waals surface area contributed by atoms with E-state index in [0.717, 1.165) is 55.0 Å². The standard InChI is InChI=1S/C18H25N9/c1-13-11-15(19-2)22-18(21-13)26-9-5-14(6-10-26)17-24-23-16(25(17)3)12-27-8-4-7-20-27/h4,7-8,11,14H,5-6,9-10,12H2,1-3H3,(H,19,21,22). The molecule has 1 fully saturated rings. The molecule has 0 aromatic carbocycles. The van der Waals surface area contributed by atoms with Crippen molar-refractivity contribution >= 4 is 11.8 Å². The molecular formula is C18H25N9. The van der Waals surface area contributed by atoms with Gasteiger partial charge in [0.15, 0.2) is 5.82 Å². The zero-order valence-corrected chi connectivity index (χ0v) is 16.0. The van der Waals surface area contributed by atoms with Crippen LogP contribution in [0.2, 0.25) is 0 Å². The van der Waals surface area contributed by atoms with Gasteiger partial charge in [-0.25, -0.2) is 4.98 Å². The summed E-state index contributed by atoms with van der Waals surface area (Å²) in [5, 5.41) is 16.2. The largest absolute Gasteiger partial charge is 0.373 e. The van der Waals surface area contributed by atoms with Gasteiger partial charge in [-0.1, -0.05) is 0 Å². The van der Waals surface area contributed by atoms with Gasteiger partial charge in [-0.15, -0.1) is 10.2 Å². The third-order valence-electron chi connectivity index (χ3n) is 5.10. The lowest BCUT2D eigenvalue weighted by atomic mass is 9.96. The van der Waals surface area contributed by atoms with Crippen LogP contribution in [-0.4, -0.2) is 54.7 Å². The van der Waals surface area contributed by atoms with Gasteiger partial charge in [0.1, 0.15) is 18.2 Å². The van der Waals surface area contributed by atoms with Gasteiger partial charge < -0.3 is 14.8 Å². The second-order valence-corrected chi connectivity index (χ2v) is 6.94. The second-order valence-electron chi connectivity index (χ2n) is 6.94. The van der Waals surface area contributed by atoms with Crippen molar-refractivity contribution in [1.29, 1.82) is 0 Å². The lowest BCUT2D eigenvalue weighted by molar-refractivity contribution is 0.467. The summed E-state index contributed by atoms with van der Waals surface area (Å²) in [6.07, 6.45) is 5.74. The fourth-order valence-corrected chi connectivity index (χ4v) is 3.57. The maximum absolute atomic E-state index is 4.60. The van der Waals surface area contributed by atoms with Gasteiger partial charge in [0.05, 0.1) is 0 Å². The number of nitrogens with zero attached hydrogens (tertiary/aromatic N) is 8. The molecule has 1 aliphatic rings. The molecule has 1 N–H and O–H groups in total. The van der Waals surface area contributed by atoms with Gasteiger partial charge in [-0.2, -0.15) is 10.1 Å². The minimum absolute atomic E-state index is 0.402. The van der Waals surface area contributed by atoms with Crippen LogP contribution >= 0.6 is 0 Å². The topological polar surface area (TPSA) is 89.6 Å². The first-order valence-corrected chi connectivity index (χ1v) is 9.28. The van der Waals surface area contributed by atoms with Crippen LogP contribution in [0.4, 0.5) is 11.8 Å². The van der Waals surface area contributed by atoms with Gasteiger partial charge in [0.25, 0.3) is 0 Å². The summed E-state index contributed by atoms with van der Waals surface area (Å²) >= 11 is 0. The molecule has 0 saturated carbocycles. The number of nitrogens with one attached hydrogen (secondary N) is 1. The first-order valence-electron chi connectivity index (χ1n) is 9.28. The quantitative estimate of drug-likeness (QED) is 0.732. The highest BCUT2D eigenvalue weighted by Crippen LogP contribution is 2.29. The highest BCUT2D eigenvalue weighted by atomic mass is 15.3. The third kappa shape index (κ3) is 3.62. The number of aryl methyl sites for hydroxylation is 1. The molecule has 4 heterocycles. The molecule has 0 unspecified atom stereocenters. The molecule has 0 aliphatic carbocycles. The molecule has 142 valence electrons. The summed E-state index contributed by atoms with van der Waals surface area (Å²) in [7, 11) is 3.93. The summed E-state index contributed by atoms with van der Waals surface area (Å²) < 4.78 is 3.98. The normalized spacial score (nSPS) is 15.3. The van der Waals surface area contributed by atoms with E-state index in [9.17, 15) is 0 Å². The van der Waals surface area contributed by atoms with E-state index < -0.39 is 0 Å². The number of rotatable bonds is 5. The Labute approximate surface area is 158 Å². The van der Waals surface area contributed by atoms with Crippen molar-refractivity contribution in [1.82, 2.24) is 34.5 Å². The molecule has 1 aliphatic heterocycles. The van der Waals surface area contributed by atoms with Crippen LogP contribution in [0.25, 0.3) is 0 Å². The van der Waals surface area contributed by atoms with Crippen LogP contribution in [0, 0.1) is 6.92 Å². The van der Waals surface area contributed by atoms with Crippen LogP contribution < -0.4 is 10.2 Å². The van der Waals surface area contributed by atoms with Gasteiger partial charge in [0.2, 0.25) is 5.95 Å². The SMILES string of the molecule is CNc1cc(C)nc(N2CCC(c3nnc(Cn4cccn4)n3C)CC2)n1. The molecule has 27 heavy (non-hydrogen) atoms. The van der Waals surface area contributed by atoms with E-state index >= 15 is 0 Å². The van der Waals surface area contributed by atoms with Gasteiger partial charge in [-0.3, -0.25) is 4.68 Å². The van der Waals surface area contributed by atoms with E-state index in [1.165, 1.54) is 0 Å². The maximum atomic E-state index is 4.60. The Morgan fingerprint density at radius 1 is 1.19 bits per heavy atom. The highest BCUT2D eigenvalue weighted by Gasteiger charge is 2.26. The molecule has 3 aromatic heterocycles. The molecule has 9 heteroatoms. The van der Waals surface area contributed by atoms with Crippen LogP contribution in [0.15, 0.2) is 24.5 Å². The zero-order valence-electron chi connectivity index (χ0n) is 16.0. The van der Waals surface area contributed by atoms with E-state index in [2.05, 4.69) is 40.0 Å². The van der Waals surface area contributed by atoms with E-state index in [1.807, 2.05) is 44.0 Å². The number of aromatic nitrogens is 7. The minimum Gasteiger partial charge on any atom is -0.373 e. The van der Waals surface area contributed by atoms with Crippen molar-refractivity contribution < 1.29 is 0 Å². The molecule has 1 saturated heterocycles. The summed E-state index contributed by atoms with van der Waals surface area (Å²) in [5.74, 6) is 4.04. The van der Waals surface area contributed by atoms with Gasteiger partial charge in [0, 0.05) is 57.3 Å². The molecule has 0 atom stereocenters. The Bertz CT molecular complexity index is 892. The lowest BCUT2D eigenvalue weighted by Gasteiger charge is -2.31. The van der Waals surface area contributed by atoms with E-state index in [0.29, 0.717) is 12.5 Å². The van der Waals surface area contributed by atoms with Crippen molar-refractivity contribution in [3.8, 4) is 0 Å². The molecule has 3 aromatic rings. The number of anilines is 2. The summed E-state index contributed by atoms with van der Waals surface area (Å²) in [6.45, 7) is 4.47. The lowest BCUT2D eigenvalue weighted by Crippen LogP contribution is -2.35. The predicted octanol–water partition coefficient (Wildman–Crippen LogP) is 1.58. The zero-order chi connectivity index (χ0) is 18.8. The molecule has 9 nitrogen and oxygen atoms in total. The molecule has 0 radical (unpaired) electrons. The van der Waals surface area contributed by atoms with Gasteiger partial charge in [-0.05, 0) is 25.8 Å². The Hall–Kier alpha value is -2.97. The highest BCUT2D eigenvalue weighted by molar-refractivity contribution is 5.43. The van der Waals surface area contributed by atoms with Crippen LogP contribution in [-0.2, 0) is 13.6 Å². The third-order valence-corrected chi connectivity index (χ3v) is 5.10. The molecule has 0 bridgehead atoms.